The van der Waals surface area contributed by atoms with Gasteiger partial charge in [-0.05, 0) is 50.6 Å². The van der Waals surface area contributed by atoms with Crippen LogP contribution in [0.5, 0.6) is 0 Å². The van der Waals surface area contributed by atoms with Crippen molar-refractivity contribution >= 4 is 5.91 Å². The number of nitrogens with two attached hydrogens (primary N) is 1. The van der Waals surface area contributed by atoms with Crippen LogP contribution >= 0.6 is 0 Å². The van der Waals surface area contributed by atoms with Crippen LogP contribution in [0.25, 0.3) is 0 Å². The van der Waals surface area contributed by atoms with E-state index in [2.05, 4.69) is 43.4 Å². The van der Waals surface area contributed by atoms with Gasteiger partial charge in [-0.15, -0.1) is 0 Å². The summed E-state index contributed by atoms with van der Waals surface area (Å²) in [6.45, 7) is 4.96. The Morgan fingerprint density at radius 2 is 1.90 bits per heavy atom. The van der Waals surface area contributed by atoms with Crippen LogP contribution in [0.15, 0.2) is 30.3 Å². The predicted octanol–water partition coefficient (Wildman–Crippen LogP) is 3.28. The molecule has 0 aliphatic carbocycles. The highest BCUT2D eigenvalue weighted by molar-refractivity contribution is 5.76. The third-order valence-corrected chi connectivity index (χ3v) is 4.05. The molecular formula is C18H30N2O. The van der Waals surface area contributed by atoms with Crippen molar-refractivity contribution in [3.8, 4) is 0 Å². The van der Waals surface area contributed by atoms with E-state index in [1.54, 1.807) is 0 Å². The summed E-state index contributed by atoms with van der Waals surface area (Å²) in [5.41, 5.74) is 6.91. The number of hydrogen-bond donors (Lipinski definition) is 2. The normalized spacial score (nSPS) is 13.7. The minimum atomic E-state index is 0.172. The maximum Gasteiger partial charge on any atom is 0.220 e. The summed E-state index contributed by atoms with van der Waals surface area (Å²) in [4.78, 5) is 11.9. The number of aryl methyl sites for hydroxylation is 1. The first-order valence-corrected chi connectivity index (χ1v) is 8.19. The molecule has 118 valence electrons. The van der Waals surface area contributed by atoms with Gasteiger partial charge in [0.25, 0.3) is 0 Å². The predicted molar refractivity (Wildman–Crippen MR) is 89.1 cm³/mol. The third-order valence-electron chi connectivity index (χ3n) is 4.05. The number of carbonyl (C=O) groups is 1. The van der Waals surface area contributed by atoms with E-state index in [9.17, 15) is 4.79 Å². The second kappa shape index (κ2) is 10.4. The Kier molecular flexibility index (Phi) is 8.76. The van der Waals surface area contributed by atoms with E-state index in [0.717, 1.165) is 32.1 Å². The van der Waals surface area contributed by atoms with E-state index in [-0.39, 0.29) is 11.9 Å². The molecule has 0 spiro atoms. The Balaban J connectivity index is 2.21. The van der Waals surface area contributed by atoms with Crippen LogP contribution in [-0.2, 0) is 11.2 Å². The fourth-order valence-electron chi connectivity index (χ4n) is 2.57. The number of rotatable bonds is 10. The van der Waals surface area contributed by atoms with Gasteiger partial charge in [0.2, 0.25) is 5.91 Å². The average Bonchev–Trinajstić information content (AvgIpc) is 2.50. The molecule has 0 aliphatic rings. The third kappa shape index (κ3) is 7.86. The molecule has 3 nitrogen and oxygen atoms in total. The first-order chi connectivity index (χ1) is 10.2. The van der Waals surface area contributed by atoms with Gasteiger partial charge in [-0.25, -0.2) is 0 Å². The van der Waals surface area contributed by atoms with Crippen LogP contribution < -0.4 is 11.1 Å². The first-order valence-electron chi connectivity index (χ1n) is 8.19. The second-order valence-corrected chi connectivity index (χ2v) is 5.88. The molecule has 0 heterocycles. The highest BCUT2D eigenvalue weighted by atomic mass is 16.1. The van der Waals surface area contributed by atoms with Crippen LogP contribution in [-0.4, -0.2) is 18.5 Å². The van der Waals surface area contributed by atoms with Gasteiger partial charge in [-0.1, -0.05) is 43.7 Å². The van der Waals surface area contributed by atoms with Gasteiger partial charge in [-0.2, -0.15) is 0 Å². The molecule has 0 saturated heterocycles. The molecule has 0 bridgehead atoms. The molecule has 3 N–H and O–H groups in total. The van der Waals surface area contributed by atoms with Gasteiger partial charge < -0.3 is 11.1 Å². The van der Waals surface area contributed by atoms with Crippen molar-refractivity contribution in [2.75, 3.05) is 6.54 Å². The van der Waals surface area contributed by atoms with Crippen molar-refractivity contribution in [2.45, 2.75) is 58.4 Å². The van der Waals surface area contributed by atoms with Crippen molar-refractivity contribution < 1.29 is 4.79 Å². The number of benzene rings is 1. The van der Waals surface area contributed by atoms with Gasteiger partial charge in [0.05, 0.1) is 0 Å². The zero-order valence-corrected chi connectivity index (χ0v) is 13.5. The van der Waals surface area contributed by atoms with Crippen LogP contribution in [0.3, 0.4) is 0 Å². The standard InChI is InChI=1S/C18H30N2O/c1-3-16(13-14-19)11-12-18(21)20-15(2)9-10-17-7-5-4-6-8-17/h4-8,15-16H,3,9-14,19H2,1-2H3,(H,20,21). The van der Waals surface area contributed by atoms with Gasteiger partial charge >= 0.3 is 0 Å². The average molecular weight is 290 g/mol. The van der Waals surface area contributed by atoms with Crippen molar-refractivity contribution in [3.05, 3.63) is 35.9 Å². The van der Waals surface area contributed by atoms with Crippen molar-refractivity contribution in [1.82, 2.24) is 5.32 Å². The van der Waals surface area contributed by atoms with Gasteiger partial charge in [0.1, 0.15) is 0 Å². The van der Waals surface area contributed by atoms with Crippen molar-refractivity contribution in [3.63, 3.8) is 0 Å². The molecule has 1 aromatic rings. The van der Waals surface area contributed by atoms with Crippen LogP contribution in [0.2, 0.25) is 0 Å². The SMILES string of the molecule is CCC(CCN)CCC(=O)NC(C)CCc1ccccc1. The highest BCUT2D eigenvalue weighted by Gasteiger charge is 2.11. The molecule has 2 atom stereocenters. The largest absolute Gasteiger partial charge is 0.354 e. The van der Waals surface area contributed by atoms with Crippen molar-refractivity contribution in [1.29, 1.82) is 0 Å². The number of amides is 1. The zero-order valence-electron chi connectivity index (χ0n) is 13.5. The van der Waals surface area contributed by atoms with E-state index in [4.69, 9.17) is 5.73 Å². The summed E-state index contributed by atoms with van der Waals surface area (Å²) in [5, 5.41) is 3.10. The molecule has 0 aliphatic heterocycles. The van der Waals surface area contributed by atoms with Crippen molar-refractivity contribution in [2.24, 2.45) is 11.7 Å². The lowest BCUT2D eigenvalue weighted by molar-refractivity contribution is -0.122. The highest BCUT2D eigenvalue weighted by Crippen LogP contribution is 2.14. The Hall–Kier alpha value is -1.35. The summed E-state index contributed by atoms with van der Waals surface area (Å²) in [7, 11) is 0. The van der Waals surface area contributed by atoms with Crippen LogP contribution in [0, 0.1) is 5.92 Å². The second-order valence-electron chi connectivity index (χ2n) is 5.88. The van der Waals surface area contributed by atoms with E-state index in [1.807, 2.05) is 6.07 Å². The van der Waals surface area contributed by atoms with Gasteiger partial charge in [-0.3, -0.25) is 4.79 Å². The summed E-state index contributed by atoms with van der Waals surface area (Å²) < 4.78 is 0. The smallest absolute Gasteiger partial charge is 0.220 e. The van der Waals surface area contributed by atoms with E-state index >= 15 is 0 Å². The molecule has 0 radical (unpaired) electrons. The minimum Gasteiger partial charge on any atom is -0.354 e. The molecular weight excluding hydrogens is 260 g/mol. The fourth-order valence-corrected chi connectivity index (χ4v) is 2.57. The number of carbonyl (C=O) groups excluding carboxylic acids is 1. The summed E-state index contributed by atoms with van der Waals surface area (Å²) >= 11 is 0. The Labute approximate surface area is 129 Å². The summed E-state index contributed by atoms with van der Waals surface area (Å²) in [6.07, 6.45) is 5.68. The quantitative estimate of drug-likeness (QED) is 0.695. The number of nitrogens with one attached hydrogen (secondary N) is 1. The van der Waals surface area contributed by atoms with Crippen LogP contribution in [0.4, 0.5) is 0 Å². The Bertz CT molecular complexity index is 391. The van der Waals surface area contributed by atoms with Gasteiger partial charge in [0.15, 0.2) is 0 Å². The molecule has 1 amide bonds. The monoisotopic (exact) mass is 290 g/mol. The molecule has 1 rings (SSSR count). The fraction of sp³-hybridized carbons (Fsp3) is 0.611. The molecule has 0 saturated carbocycles. The summed E-state index contributed by atoms with van der Waals surface area (Å²) in [6, 6.07) is 10.6. The molecule has 21 heavy (non-hydrogen) atoms. The van der Waals surface area contributed by atoms with Gasteiger partial charge in [0, 0.05) is 12.5 Å². The molecule has 2 unspecified atom stereocenters. The lowest BCUT2D eigenvalue weighted by Crippen LogP contribution is -2.33. The lowest BCUT2D eigenvalue weighted by atomic mass is 9.96. The zero-order chi connectivity index (χ0) is 15.5. The minimum absolute atomic E-state index is 0.172. The first kappa shape index (κ1) is 17.7. The lowest BCUT2D eigenvalue weighted by Gasteiger charge is -2.16. The summed E-state index contributed by atoms with van der Waals surface area (Å²) in [5.74, 6) is 0.756. The van der Waals surface area contributed by atoms with Crippen LogP contribution in [0.1, 0.15) is 51.5 Å². The molecule has 3 heteroatoms. The molecule has 1 aromatic carbocycles. The van der Waals surface area contributed by atoms with E-state index < -0.39 is 0 Å². The topological polar surface area (TPSA) is 55.1 Å². The van der Waals surface area contributed by atoms with E-state index in [1.165, 1.54) is 5.56 Å². The number of hydrogen-bond acceptors (Lipinski definition) is 2. The maximum atomic E-state index is 11.9. The Morgan fingerprint density at radius 3 is 2.52 bits per heavy atom. The molecule has 0 aromatic heterocycles. The Morgan fingerprint density at radius 1 is 1.19 bits per heavy atom. The maximum absolute atomic E-state index is 11.9. The van der Waals surface area contributed by atoms with E-state index in [0.29, 0.717) is 18.9 Å². The molecule has 0 fully saturated rings.